The third kappa shape index (κ3) is 20.8. The summed E-state index contributed by atoms with van der Waals surface area (Å²) in [5, 5.41) is 36.9. The van der Waals surface area contributed by atoms with E-state index in [2.05, 4.69) is 13.8 Å². The minimum absolute atomic E-state index is 0.0665. The lowest BCUT2D eigenvalue weighted by molar-refractivity contribution is -0.0522. The van der Waals surface area contributed by atoms with Crippen LogP contribution in [0.4, 0.5) is 0 Å². The lowest BCUT2D eigenvalue weighted by atomic mass is 10.0. The van der Waals surface area contributed by atoms with E-state index in [1.54, 1.807) is 0 Å². The molecule has 0 rings (SSSR count). The maximum atomic E-state index is 9.63. The largest absolute Gasteiger partial charge is 0.394 e. The van der Waals surface area contributed by atoms with E-state index in [1.807, 2.05) is 0 Å². The van der Waals surface area contributed by atoms with Crippen LogP contribution in [0.25, 0.3) is 0 Å². The Morgan fingerprint density at radius 3 is 1.41 bits per heavy atom. The van der Waals surface area contributed by atoms with Gasteiger partial charge in [0, 0.05) is 6.42 Å². The number of aliphatic hydroxyl groups excluding tert-OH is 4. The zero-order valence-corrected chi connectivity index (χ0v) is 19.2. The van der Waals surface area contributed by atoms with Crippen molar-refractivity contribution in [3.05, 3.63) is 0 Å². The van der Waals surface area contributed by atoms with Gasteiger partial charge in [0.15, 0.2) is 0 Å². The average molecular weight is 419 g/mol. The summed E-state index contributed by atoms with van der Waals surface area (Å²) in [6.45, 7) is 4.07. The zero-order valence-electron chi connectivity index (χ0n) is 19.2. The van der Waals surface area contributed by atoms with Crippen molar-refractivity contribution < 1.29 is 25.2 Å². The lowest BCUT2D eigenvalue weighted by Crippen LogP contribution is -2.28. The number of ether oxygens (including phenoxy) is 1. The van der Waals surface area contributed by atoms with Crippen LogP contribution in [0.5, 0.6) is 0 Å². The van der Waals surface area contributed by atoms with Crippen molar-refractivity contribution in [2.45, 2.75) is 128 Å². The van der Waals surface area contributed by atoms with Crippen molar-refractivity contribution in [3.63, 3.8) is 0 Å². The van der Waals surface area contributed by atoms with Crippen molar-refractivity contribution >= 4 is 0 Å². The maximum Gasteiger partial charge on any atom is 0.100 e. The molecule has 0 aliphatic rings. The Morgan fingerprint density at radius 2 is 1.00 bits per heavy atom. The van der Waals surface area contributed by atoms with Crippen LogP contribution in [0, 0.1) is 5.92 Å². The Labute approximate surface area is 179 Å². The molecule has 3 atom stereocenters. The van der Waals surface area contributed by atoms with Gasteiger partial charge in [0.2, 0.25) is 0 Å². The Morgan fingerprint density at radius 1 is 0.586 bits per heavy atom. The van der Waals surface area contributed by atoms with Gasteiger partial charge in [-0.2, -0.15) is 0 Å². The van der Waals surface area contributed by atoms with Gasteiger partial charge < -0.3 is 25.2 Å². The van der Waals surface area contributed by atoms with E-state index in [1.165, 1.54) is 70.6 Å². The minimum Gasteiger partial charge on any atom is -0.394 e. The van der Waals surface area contributed by atoms with Gasteiger partial charge in [-0.15, -0.1) is 0 Å². The predicted octanol–water partition coefficient (Wildman–Crippen LogP) is 4.59. The first-order chi connectivity index (χ1) is 14.0. The second-order valence-electron chi connectivity index (χ2n) is 9.08. The normalized spacial score (nSPS) is 15.0. The molecule has 0 aliphatic carbocycles. The molecule has 0 saturated heterocycles. The van der Waals surface area contributed by atoms with Gasteiger partial charge in [0.05, 0.1) is 32.0 Å². The molecule has 0 aromatic rings. The summed E-state index contributed by atoms with van der Waals surface area (Å²) < 4.78 is 5.60. The van der Waals surface area contributed by atoms with E-state index in [4.69, 9.17) is 14.9 Å². The fourth-order valence-electron chi connectivity index (χ4n) is 3.64. The Kier molecular flexibility index (Phi) is 20.9. The molecule has 0 saturated carbocycles. The van der Waals surface area contributed by atoms with E-state index in [-0.39, 0.29) is 25.9 Å². The maximum absolute atomic E-state index is 9.63. The number of aliphatic hydroxyl groups is 4. The van der Waals surface area contributed by atoms with E-state index in [9.17, 15) is 10.2 Å². The SMILES string of the molecule is CC(C)CCCCCCCCCCCCCCC(CC(O)CO)OCC(O)CO. The van der Waals surface area contributed by atoms with E-state index < -0.39 is 12.2 Å². The Bertz CT molecular complexity index is 324. The topological polar surface area (TPSA) is 90.2 Å². The second-order valence-corrected chi connectivity index (χ2v) is 9.08. The number of unbranched alkanes of at least 4 members (excludes halogenated alkanes) is 11. The molecule has 0 heterocycles. The average Bonchev–Trinajstić information content (AvgIpc) is 2.71. The van der Waals surface area contributed by atoms with Crippen molar-refractivity contribution in [2.75, 3.05) is 19.8 Å². The second kappa shape index (κ2) is 21.0. The van der Waals surface area contributed by atoms with Crippen molar-refractivity contribution in [1.82, 2.24) is 0 Å². The Balaban J connectivity index is 3.54. The molecule has 3 unspecified atom stereocenters. The molecular formula is C24H50O5. The molecule has 0 bridgehead atoms. The van der Waals surface area contributed by atoms with Gasteiger partial charge in [-0.3, -0.25) is 0 Å². The highest BCUT2D eigenvalue weighted by molar-refractivity contribution is 4.66. The van der Waals surface area contributed by atoms with Gasteiger partial charge in [0.1, 0.15) is 6.10 Å². The van der Waals surface area contributed by atoms with Crippen molar-refractivity contribution in [2.24, 2.45) is 5.92 Å². The molecule has 0 aromatic heterocycles. The summed E-state index contributed by atoms with van der Waals surface area (Å²) in [6.07, 6.45) is 16.4. The molecule has 29 heavy (non-hydrogen) atoms. The van der Waals surface area contributed by atoms with Crippen LogP contribution in [-0.4, -0.2) is 58.6 Å². The number of rotatable bonds is 22. The van der Waals surface area contributed by atoms with E-state index in [0.29, 0.717) is 6.42 Å². The molecule has 0 radical (unpaired) electrons. The predicted molar refractivity (Wildman–Crippen MR) is 120 cm³/mol. The number of hydrogen-bond donors (Lipinski definition) is 4. The smallest absolute Gasteiger partial charge is 0.100 e. The van der Waals surface area contributed by atoms with Crippen LogP contribution < -0.4 is 0 Å². The standard InChI is InChI=1S/C24H50O5/c1-21(2)15-13-11-9-7-5-3-4-6-8-10-12-14-16-24(17-22(27)18-25)29-20-23(28)19-26/h21-28H,3-20H2,1-2H3. The van der Waals surface area contributed by atoms with Gasteiger partial charge in [-0.25, -0.2) is 0 Å². The minimum atomic E-state index is -0.885. The first-order valence-corrected chi connectivity index (χ1v) is 12.2. The van der Waals surface area contributed by atoms with Gasteiger partial charge >= 0.3 is 0 Å². The fraction of sp³-hybridized carbons (Fsp3) is 1.00. The molecular weight excluding hydrogens is 368 g/mol. The van der Waals surface area contributed by atoms with Gasteiger partial charge in [-0.1, -0.05) is 97.3 Å². The molecule has 5 heteroatoms. The van der Waals surface area contributed by atoms with Crippen LogP contribution >= 0.6 is 0 Å². The molecule has 0 aliphatic heterocycles. The Hall–Kier alpha value is -0.200. The van der Waals surface area contributed by atoms with E-state index >= 15 is 0 Å². The first kappa shape index (κ1) is 28.8. The van der Waals surface area contributed by atoms with Crippen LogP contribution in [0.1, 0.15) is 110 Å². The zero-order chi connectivity index (χ0) is 21.7. The van der Waals surface area contributed by atoms with Crippen molar-refractivity contribution in [3.8, 4) is 0 Å². The van der Waals surface area contributed by atoms with Crippen LogP contribution in [0.2, 0.25) is 0 Å². The summed E-state index contributed by atoms with van der Waals surface area (Å²) in [5.41, 5.74) is 0. The van der Waals surface area contributed by atoms with Crippen LogP contribution in [0.3, 0.4) is 0 Å². The summed E-state index contributed by atoms with van der Waals surface area (Å²) in [6, 6.07) is 0. The molecule has 0 fully saturated rings. The molecule has 0 spiro atoms. The highest BCUT2D eigenvalue weighted by atomic mass is 16.5. The molecule has 5 nitrogen and oxygen atoms in total. The quantitative estimate of drug-likeness (QED) is 0.193. The van der Waals surface area contributed by atoms with E-state index in [0.717, 1.165) is 25.2 Å². The lowest BCUT2D eigenvalue weighted by Gasteiger charge is -2.21. The van der Waals surface area contributed by atoms with Crippen molar-refractivity contribution in [1.29, 1.82) is 0 Å². The summed E-state index contributed by atoms with van der Waals surface area (Å²) in [5.74, 6) is 0.847. The summed E-state index contributed by atoms with van der Waals surface area (Å²) in [7, 11) is 0. The highest BCUT2D eigenvalue weighted by Crippen LogP contribution is 2.16. The third-order valence-corrected chi connectivity index (χ3v) is 5.54. The molecule has 4 N–H and O–H groups in total. The highest BCUT2D eigenvalue weighted by Gasteiger charge is 2.16. The van der Waals surface area contributed by atoms with Gasteiger partial charge in [-0.05, 0) is 12.3 Å². The number of hydrogen-bond acceptors (Lipinski definition) is 5. The third-order valence-electron chi connectivity index (χ3n) is 5.54. The fourth-order valence-corrected chi connectivity index (χ4v) is 3.64. The van der Waals surface area contributed by atoms with Crippen LogP contribution in [0.15, 0.2) is 0 Å². The first-order valence-electron chi connectivity index (χ1n) is 12.2. The van der Waals surface area contributed by atoms with Gasteiger partial charge in [0.25, 0.3) is 0 Å². The molecule has 0 amide bonds. The molecule has 0 aromatic carbocycles. The molecule has 176 valence electrons. The monoisotopic (exact) mass is 418 g/mol. The summed E-state index contributed by atoms with van der Waals surface area (Å²) >= 11 is 0. The summed E-state index contributed by atoms with van der Waals surface area (Å²) in [4.78, 5) is 0. The van der Waals surface area contributed by atoms with Crippen LogP contribution in [-0.2, 0) is 4.74 Å².